The molecule has 1 aliphatic heterocycles. The van der Waals surface area contributed by atoms with Crippen molar-refractivity contribution in [3.05, 3.63) is 28.2 Å². The highest BCUT2D eigenvalue weighted by Gasteiger charge is 2.25. The lowest BCUT2D eigenvalue weighted by Crippen LogP contribution is -2.42. The summed E-state index contributed by atoms with van der Waals surface area (Å²) in [6, 6.07) is 4.41. The van der Waals surface area contributed by atoms with Gasteiger partial charge in [-0.05, 0) is 37.5 Å². The van der Waals surface area contributed by atoms with Gasteiger partial charge in [-0.25, -0.2) is 0 Å². The highest BCUT2D eigenvalue weighted by Crippen LogP contribution is 2.25. The fourth-order valence-electron chi connectivity index (χ4n) is 2.79. The zero-order chi connectivity index (χ0) is 20.4. The number of halogens is 2. The number of aliphatic hydroxyl groups excluding tert-OH is 1. The molecule has 1 heterocycles. The summed E-state index contributed by atoms with van der Waals surface area (Å²) >= 11 is 11.1. The van der Waals surface area contributed by atoms with Crippen LogP contribution in [0.4, 0.5) is 0 Å². The number of phenolic OH excluding ortho intramolecular Hbond substituents is 1. The first-order chi connectivity index (χ1) is 12.8. The molecule has 0 bridgehead atoms. The first-order valence-corrected chi connectivity index (χ1v) is 9.83. The summed E-state index contributed by atoms with van der Waals surface area (Å²) < 4.78 is 0. The second-order valence-electron chi connectivity index (χ2n) is 6.55. The number of benzene rings is 1. The number of nitrogens with zero attached hydrogens (tertiary/aromatic N) is 2. The Morgan fingerprint density at radius 3 is 2.33 bits per heavy atom. The second kappa shape index (κ2) is 12.1. The monoisotopic (exact) mass is 418 g/mol. The van der Waals surface area contributed by atoms with Crippen LogP contribution in [0.5, 0.6) is 5.75 Å². The largest absolute Gasteiger partial charge is 0.508 e. The Balaban J connectivity index is 0.000000337. The molecule has 27 heavy (non-hydrogen) atoms. The molecule has 1 aromatic rings. The average molecular weight is 419 g/mol. The molecule has 2 amide bonds. The highest BCUT2D eigenvalue weighted by atomic mass is 35.5. The second-order valence-corrected chi connectivity index (χ2v) is 7.36. The van der Waals surface area contributed by atoms with Gasteiger partial charge in [-0.3, -0.25) is 9.59 Å². The predicted molar refractivity (Wildman–Crippen MR) is 107 cm³/mol. The Morgan fingerprint density at radius 2 is 1.85 bits per heavy atom. The number of amides is 2. The summed E-state index contributed by atoms with van der Waals surface area (Å²) in [5.41, 5.74) is 0. The van der Waals surface area contributed by atoms with Crippen LogP contribution in [0.1, 0.15) is 32.6 Å². The first kappa shape index (κ1) is 23.5. The Labute approximate surface area is 170 Å². The standard InChI is InChI=1S/C13H24N2O3.C6H4Cl2O/c1-3-6-11(10-16)13(18)14(2)9-12(17)15-7-4-5-8-15;7-5-2-1-4(9)3-6(5)8/h11,16H,3-10H2,1-2H3;1-3,9H. The van der Waals surface area contributed by atoms with Crippen molar-refractivity contribution in [2.75, 3.05) is 33.3 Å². The Bertz CT molecular complexity index is 622. The number of aromatic hydroxyl groups is 1. The highest BCUT2D eigenvalue weighted by molar-refractivity contribution is 6.42. The van der Waals surface area contributed by atoms with Gasteiger partial charge in [0.2, 0.25) is 11.8 Å². The van der Waals surface area contributed by atoms with Gasteiger partial charge in [0, 0.05) is 20.1 Å². The molecular formula is C19H28Cl2N2O4. The first-order valence-electron chi connectivity index (χ1n) is 9.07. The van der Waals surface area contributed by atoms with Gasteiger partial charge in [-0.2, -0.15) is 0 Å². The summed E-state index contributed by atoms with van der Waals surface area (Å²) in [6.45, 7) is 3.57. The third kappa shape index (κ3) is 7.95. The zero-order valence-electron chi connectivity index (χ0n) is 15.8. The maximum absolute atomic E-state index is 12.0. The molecule has 0 spiro atoms. The molecule has 8 heteroatoms. The van der Waals surface area contributed by atoms with E-state index in [1.54, 1.807) is 18.0 Å². The number of hydrogen-bond donors (Lipinski definition) is 2. The summed E-state index contributed by atoms with van der Waals surface area (Å²) in [4.78, 5) is 27.2. The molecule has 1 aliphatic rings. The molecule has 152 valence electrons. The third-order valence-corrected chi connectivity index (χ3v) is 5.06. The molecule has 1 fully saturated rings. The van der Waals surface area contributed by atoms with Gasteiger partial charge in [0.25, 0.3) is 0 Å². The molecule has 1 unspecified atom stereocenters. The fraction of sp³-hybridized carbons (Fsp3) is 0.579. The van der Waals surface area contributed by atoms with Crippen molar-refractivity contribution in [3.8, 4) is 5.75 Å². The molecule has 0 radical (unpaired) electrons. The lowest BCUT2D eigenvalue weighted by Gasteiger charge is -2.24. The molecule has 1 atom stereocenters. The molecule has 0 aromatic heterocycles. The van der Waals surface area contributed by atoms with Crippen LogP contribution in [0.15, 0.2) is 18.2 Å². The van der Waals surface area contributed by atoms with Crippen LogP contribution < -0.4 is 0 Å². The molecule has 1 saturated heterocycles. The third-order valence-electron chi connectivity index (χ3n) is 4.32. The van der Waals surface area contributed by atoms with E-state index in [2.05, 4.69) is 0 Å². The lowest BCUT2D eigenvalue weighted by atomic mass is 10.0. The number of phenols is 1. The number of carbonyl (C=O) groups is 2. The van der Waals surface area contributed by atoms with Crippen molar-refractivity contribution >= 4 is 35.0 Å². The Hall–Kier alpha value is -1.50. The van der Waals surface area contributed by atoms with E-state index < -0.39 is 0 Å². The molecular weight excluding hydrogens is 391 g/mol. The van der Waals surface area contributed by atoms with E-state index in [9.17, 15) is 14.7 Å². The van der Waals surface area contributed by atoms with Crippen LogP contribution in [0, 0.1) is 5.92 Å². The van der Waals surface area contributed by atoms with Crippen LogP contribution in [-0.2, 0) is 9.59 Å². The number of likely N-dealkylation sites (N-methyl/N-ethyl adjacent to an activating group) is 1. The van der Waals surface area contributed by atoms with Crippen molar-refractivity contribution in [2.24, 2.45) is 5.92 Å². The zero-order valence-corrected chi connectivity index (χ0v) is 17.3. The molecule has 6 nitrogen and oxygen atoms in total. The Kier molecular flexibility index (Phi) is 10.5. The van der Waals surface area contributed by atoms with E-state index >= 15 is 0 Å². The topological polar surface area (TPSA) is 81.1 Å². The number of aliphatic hydroxyl groups is 1. The summed E-state index contributed by atoms with van der Waals surface area (Å²) in [7, 11) is 1.63. The van der Waals surface area contributed by atoms with Gasteiger partial charge in [0.15, 0.2) is 0 Å². The summed E-state index contributed by atoms with van der Waals surface area (Å²) in [5, 5.41) is 18.8. The minimum Gasteiger partial charge on any atom is -0.508 e. The minimum atomic E-state index is -0.369. The van der Waals surface area contributed by atoms with E-state index in [-0.39, 0.29) is 36.6 Å². The van der Waals surface area contributed by atoms with Crippen LogP contribution in [0.25, 0.3) is 0 Å². The lowest BCUT2D eigenvalue weighted by molar-refractivity contribution is -0.142. The van der Waals surface area contributed by atoms with E-state index in [0.29, 0.717) is 16.5 Å². The van der Waals surface area contributed by atoms with Gasteiger partial charge in [0.1, 0.15) is 5.75 Å². The smallest absolute Gasteiger partial charge is 0.242 e. The van der Waals surface area contributed by atoms with Crippen LogP contribution in [-0.4, -0.2) is 65.1 Å². The molecule has 1 aromatic carbocycles. The maximum atomic E-state index is 12.0. The molecule has 2 N–H and O–H groups in total. The predicted octanol–water partition coefficient (Wildman–Crippen LogP) is 3.17. The maximum Gasteiger partial charge on any atom is 0.242 e. The number of rotatable bonds is 6. The average Bonchev–Trinajstić information content (AvgIpc) is 3.18. The summed E-state index contributed by atoms with van der Waals surface area (Å²) in [6.07, 6.45) is 3.62. The van der Waals surface area contributed by atoms with Crippen molar-refractivity contribution in [1.82, 2.24) is 9.80 Å². The number of carbonyl (C=O) groups excluding carboxylic acids is 2. The van der Waals surface area contributed by atoms with Crippen molar-refractivity contribution in [3.63, 3.8) is 0 Å². The van der Waals surface area contributed by atoms with E-state index in [1.807, 2.05) is 6.92 Å². The van der Waals surface area contributed by atoms with Crippen LogP contribution in [0.3, 0.4) is 0 Å². The van der Waals surface area contributed by atoms with Gasteiger partial charge in [-0.1, -0.05) is 36.5 Å². The van der Waals surface area contributed by atoms with E-state index in [4.69, 9.17) is 28.3 Å². The minimum absolute atomic E-state index is 0.0107. The molecule has 2 rings (SSSR count). The van der Waals surface area contributed by atoms with Crippen molar-refractivity contribution < 1.29 is 19.8 Å². The van der Waals surface area contributed by atoms with Gasteiger partial charge >= 0.3 is 0 Å². The van der Waals surface area contributed by atoms with Crippen molar-refractivity contribution in [2.45, 2.75) is 32.6 Å². The van der Waals surface area contributed by atoms with Gasteiger partial charge in [-0.15, -0.1) is 0 Å². The van der Waals surface area contributed by atoms with Crippen LogP contribution >= 0.6 is 23.2 Å². The normalized spacial score (nSPS) is 14.3. The van der Waals surface area contributed by atoms with Gasteiger partial charge < -0.3 is 20.0 Å². The fourth-order valence-corrected chi connectivity index (χ4v) is 3.08. The Morgan fingerprint density at radius 1 is 1.22 bits per heavy atom. The van der Waals surface area contributed by atoms with E-state index in [1.165, 1.54) is 17.0 Å². The van der Waals surface area contributed by atoms with Crippen LogP contribution in [0.2, 0.25) is 10.0 Å². The molecule has 0 aliphatic carbocycles. The number of hydrogen-bond acceptors (Lipinski definition) is 4. The SMILES string of the molecule is CCCC(CO)C(=O)N(C)CC(=O)N1CCCC1.Oc1ccc(Cl)c(Cl)c1. The molecule has 0 saturated carbocycles. The quantitative estimate of drug-likeness (QED) is 0.742. The number of likely N-dealkylation sites (tertiary alicyclic amines) is 1. The van der Waals surface area contributed by atoms with Crippen molar-refractivity contribution in [1.29, 1.82) is 0 Å². The summed E-state index contributed by atoms with van der Waals surface area (Å²) in [5.74, 6) is -0.362. The van der Waals surface area contributed by atoms with Gasteiger partial charge in [0.05, 0.1) is 29.1 Å². The van der Waals surface area contributed by atoms with E-state index in [0.717, 1.165) is 32.4 Å².